The van der Waals surface area contributed by atoms with Crippen LogP contribution in [0.3, 0.4) is 0 Å². The molecule has 0 saturated heterocycles. The van der Waals surface area contributed by atoms with Crippen molar-refractivity contribution in [3.8, 4) is 11.5 Å². The van der Waals surface area contributed by atoms with E-state index in [1.54, 1.807) is 19.1 Å². The molecule has 2 aromatic rings. The Hall–Kier alpha value is -2.54. The lowest BCUT2D eigenvalue weighted by atomic mass is 10.2. The van der Waals surface area contributed by atoms with Gasteiger partial charge in [0.25, 0.3) is 0 Å². The molecule has 0 spiro atoms. The summed E-state index contributed by atoms with van der Waals surface area (Å²) in [6.07, 6.45) is -0.768. The molecule has 0 heterocycles. The predicted molar refractivity (Wildman–Crippen MR) is 83.0 cm³/mol. The number of rotatable bonds is 5. The van der Waals surface area contributed by atoms with E-state index in [1.165, 1.54) is 6.07 Å². The van der Waals surface area contributed by atoms with Crippen molar-refractivity contribution in [3.63, 3.8) is 0 Å². The molecule has 0 aromatic heterocycles. The van der Waals surface area contributed by atoms with Gasteiger partial charge in [-0.05, 0) is 42.8 Å². The standard InChI is InChI=1S/C17H12ClF3O4/c1-9-8-10(2-3-11(9)18)24-14(22)6-7-15(23)25-13-5-4-12(19)16(20)17(13)21/h2-5,8H,6-7H2,1H3. The van der Waals surface area contributed by atoms with Crippen molar-refractivity contribution in [2.24, 2.45) is 0 Å². The molecule has 0 fully saturated rings. The number of hydrogen-bond acceptors (Lipinski definition) is 4. The summed E-state index contributed by atoms with van der Waals surface area (Å²) < 4.78 is 48.8. The largest absolute Gasteiger partial charge is 0.427 e. The SMILES string of the molecule is Cc1cc(OC(=O)CCC(=O)Oc2ccc(F)c(F)c2F)ccc1Cl. The van der Waals surface area contributed by atoms with Crippen LogP contribution in [0.15, 0.2) is 30.3 Å². The van der Waals surface area contributed by atoms with Crippen LogP contribution in [0.2, 0.25) is 5.02 Å². The van der Waals surface area contributed by atoms with Gasteiger partial charge in [0.15, 0.2) is 17.4 Å². The Balaban J connectivity index is 1.88. The fourth-order valence-corrected chi connectivity index (χ4v) is 1.95. The third-order valence-electron chi connectivity index (χ3n) is 3.12. The van der Waals surface area contributed by atoms with E-state index >= 15 is 0 Å². The Labute approximate surface area is 146 Å². The van der Waals surface area contributed by atoms with Gasteiger partial charge in [0.1, 0.15) is 5.75 Å². The highest BCUT2D eigenvalue weighted by atomic mass is 35.5. The second-order valence-corrected chi connectivity index (χ2v) is 5.44. The van der Waals surface area contributed by atoms with Gasteiger partial charge in [-0.25, -0.2) is 8.78 Å². The zero-order valence-corrected chi connectivity index (χ0v) is 13.7. The van der Waals surface area contributed by atoms with Gasteiger partial charge < -0.3 is 9.47 Å². The number of aryl methyl sites for hydroxylation is 1. The highest BCUT2D eigenvalue weighted by Crippen LogP contribution is 2.23. The van der Waals surface area contributed by atoms with Crippen molar-refractivity contribution >= 4 is 23.5 Å². The smallest absolute Gasteiger partial charge is 0.311 e. The first-order valence-electron chi connectivity index (χ1n) is 7.09. The van der Waals surface area contributed by atoms with E-state index < -0.39 is 41.6 Å². The average Bonchev–Trinajstić information content (AvgIpc) is 2.57. The van der Waals surface area contributed by atoms with Crippen LogP contribution in [0.4, 0.5) is 13.2 Å². The average molecular weight is 373 g/mol. The van der Waals surface area contributed by atoms with E-state index in [4.69, 9.17) is 16.3 Å². The molecule has 2 aromatic carbocycles. The van der Waals surface area contributed by atoms with Crippen LogP contribution in [-0.2, 0) is 9.59 Å². The quantitative estimate of drug-likeness (QED) is 0.444. The zero-order chi connectivity index (χ0) is 18.6. The Morgan fingerprint density at radius 2 is 1.60 bits per heavy atom. The van der Waals surface area contributed by atoms with E-state index in [2.05, 4.69) is 4.74 Å². The fraction of sp³-hybridized carbons (Fsp3) is 0.176. The lowest BCUT2D eigenvalue weighted by Gasteiger charge is -2.07. The number of carbonyl (C=O) groups excluding carboxylic acids is 2. The Bertz CT molecular complexity index is 824. The van der Waals surface area contributed by atoms with Crippen LogP contribution in [0.1, 0.15) is 18.4 Å². The number of benzene rings is 2. The maximum absolute atomic E-state index is 13.4. The van der Waals surface area contributed by atoms with Crippen LogP contribution in [0.25, 0.3) is 0 Å². The van der Waals surface area contributed by atoms with Crippen molar-refractivity contribution in [1.29, 1.82) is 0 Å². The summed E-state index contributed by atoms with van der Waals surface area (Å²) in [5.41, 5.74) is 0.709. The third-order valence-corrected chi connectivity index (χ3v) is 3.54. The Morgan fingerprint density at radius 3 is 2.24 bits per heavy atom. The molecule has 0 aliphatic carbocycles. The van der Waals surface area contributed by atoms with Crippen molar-refractivity contribution in [2.45, 2.75) is 19.8 Å². The molecule has 0 aliphatic heterocycles. The zero-order valence-electron chi connectivity index (χ0n) is 12.9. The van der Waals surface area contributed by atoms with Gasteiger partial charge in [-0.2, -0.15) is 4.39 Å². The maximum atomic E-state index is 13.4. The summed E-state index contributed by atoms with van der Waals surface area (Å²) in [6.45, 7) is 1.73. The van der Waals surface area contributed by atoms with Crippen molar-refractivity contribution in [3.05, 3.63) is 58.4 Å². The van der Waals surface area contributed by atoms with E-state index in [9.17, 15) is 22.8 Å². The molecule has 0 unspecified atom stereocenters. The van der Waals surface area contributed by atoms with Gasteiger partial charge >= 0.3 is 11.9 Å². The summed E-state index contributed by atoms with van der Waals surface area (Å²) in [4.78, 5) is 23.3. The van der Waals surface area contributed by atoms with Gasteiger partial charge in [0, 0.05) is 5.02 Å². The van der Waals surface area contributed by atoms with Crippen LogP contribution in [-0.4, -0.2) is 11.9 Å². The lowest BCUT2D eigenvalue weighted by Crippen LogP contribution is -2.15. The van der Waals surface area contributed by atoms with E-state index in [1.807, 2.05) is 0 Å². The van der Waals surface area contributed by atoms with Gasteiger partial charge in [-0.1, -0.05) is 11.6 Å². The number of ether oxygens (including phenoxy) is 2. The van der Waals surface area contributed by atoms with Crippen molar-refractivity contribution in [1.82, 2.24) is 0 Å². The molecule has 132 valence electrons. The van der Waals surface area contributed by atoms with Crippen LogP contribution >= 0.6 is 11.6 Å². The van der Waals surface area contributed by atoms with Gasteiger partial charge in [-0.15, -0.1) is 0 Å². The molecule has 25 heavy (non-hydrogen) atoms. The molecule has 0 aliphatic rings. The van der Waals surface area contributed by atoms with Crippen LogP contribution in [0, 0.1) is 24.4 Å². The number of hydrogen-bond donors (Lipinski definition) is 0. The van der Waals surface area contributed by atoms with Crippen molar-refractivity contribution in [2.75, 3.05) is 0 Å². The first-order chi connectivity index (χ1) is 11.8. The highest BCUT2D eigenvalue weighted by Gasteiger charge is 2.18. The molecule has 0 atom stereocenters. The monoisotopic (exact) mass is 372 g/mol. The second kappa shape index (κ2) is 8.02. The normalized spacial score (nSPS) is 10.4. The van der Waals surface area contributed by atoms with E-state index in [0.717, 1.165) is 6.07 Å². The molecule has 0 N–H and O–H groups in total. The Kier molecular flexibility index (Phi) is 6.03. The molecule has 8 heteroatoms. The maximum Gasteiger partial charge on any atom is 0.311 e. The van der Waals surface area contributed by atoms with Gasteiger partial charge in [-0.3, -0.25) is 9.59 Å². The fourth-order valence-electron chi connectivity index (χ4n) is 1.83. The number of halogens is 4. The molecule has 2 rings (SSSR count). The second-order valence-electron chi connectivity index (χ2n) is 5.03. The first kappa shape index (κ1) is 18.8. The summed E-state index contributed by atoms with van der Waals surface area (Å²) in [5.74, 6) is -6.98. The molecule has 4 nitrogen and oxygen atoms in total. The van der Waals surface area contributed by atoms with Crippen LogP contribution < -0.4 is 9.47 Å². The lowest BCUT2D eigenvalue weighted by molar-refractivity contribution is -0.140. The topological polar surface area (TPSA) is 52.6 Å². The molecular weight excluding hydrogens is 361 g/mol. The third kappa shape index (κ3) is 4.96. The molecular formula is C17H12ClF3O4. The predicted octanol–water partition coefficient (Wildman–Crippen LogP) is 4.36. The summed E-state index contributed by atoms with van der Waals surface area (Å²) >= 11 is 5.85. The minimum absolute atomic E-state index is 0.256. The van der Waals surface area contributed by atoms with E-state index in [0.29, 0.717) is 16.7 Å². The first-order valence-corrected chi connectivity index (χ1v) is 7.46. The number of esters is 2. The molecule has 0 radical (unpaired) electrons. The molecule has 0 saturated carbocycles. The highest BCUT2D eigenvalue weighted by molar-refractivity contribution is 6.31. The summed E-state index contributed by atoms with van der Waals surface area (Å²) in [7, 11) is 0. The van der Waals surface area contributed by atoms with Crippen molar-refractivity contribution < 1.29 is 32.2 Å². The van der Waals surface area contributed by atoms with Crippen LogP contribution in [0.5, 0.6) is 11.5 Å². The van der Waals surface area contributed by atoms with Gasteiger partial charge in [0.05, 0.1) is 12.8 Å². The van der Waals surface area contributed by atoms with E-state index in [-0.39, 0.29) is 12.2 Å². The minimum Gasteiger partial charge on any atom is -0.427 e. The molecule has 0 bridgehead atoms. The van der Waals surface area contributed by atoms with Gasteiger partial charge in [0.2, 0.25) is 5.82 Å². The number of carbonyl (C=O) groups is 2. The Morgan fingerprint density at radius 1 is 0.960 bits per heavy atom. The summed E-state index contributed by atoms with van der Waals surface area (Å²) in [5, 5.41) is 0.511. The summed E-state index contributed by atoms with van der Waals surface area (Å²) in [6, 6.07) is 6.00. The minimum atomic E-state index is -1.75. The molecule has 0 amide bonds.